The van der Waals surface area contributed by atoms with Gasteiger partial charge in [-0.25, -0.2) is 4.79 Å². The van der Waals surface area contributed by atoms with Gasteiger partial charge in [-0.15, -0.1) is 0 Å². The molecule has 1 aromatic rings. The van der Waals surface area contributed by atoms with E-state index < -0.39 is 41.1 Å². The number of carboxylic acid groups (broad SMARTS) is 1. The number of aliphatic hydroxyl groups excluding tert-OH is 3. The first-order chi connectivity index (χ1) is 10.2. The standard InChI is InChI=1S/C12H13NO9/c14-7-8(15)10(16)12(19,22-9(7)11(17)18)5-1-3-6(4-2-5)13(20)21/h1-4,7-10,14-16,19H,(H,17,18)/t7-,8-,9-,10+,12-/m0/s1. The molecule has 0 spiro atoms. The summed E-state index contributed by atoms with van der Waals surface area (Å²) in [5.74, 6) is -4.30. The van der Waals surface area contributed by atoms with Crippen LogP contribution in [-0.4, -0.2) is 60.8 Å². The number of nitrogens with zero attached hydrogens (tertiary/aromatic N) is 1. The van der Waals surface area contributed by atoms with Gasteiger partial charge in [-0.05, 0) is 12.1 Å². The highest BCUT2D eigenvalue weighted by atomic mass is 16.7. The minimum atomic E-state index is -2.64. The van der Waals surface area contributed by atoms with Crippen LogP contribution in [0, 0.1) is 10.1 Å². The average molecular weight is 315 g/mol. The molecule has 0 bridgehead atoms. The molecule has 0 radical (unpaired) electrons. The summed E-state index contributed by atoms with van der Waals surface area (Å²) in [5, 5.41) is 59.0. The molecule has 10 heteroatoms. The van der Waals surface area contributed by atoms with Gasteiger partial charge in [-0.2, -0.15) is 0 Å². The number of aliphatic hydroxyl groups is 4. The van der Waals surface area contributed by atoms with Crippen molar-refractivity contribution < 1.29 is 40.0 Å². The van der Waals surface area contributed by atoms with Crippen LogP contribution in [0.4, 0.5) is 5.69 Å². The molecule has 0 aliphatic carbocycles. The largest absolute Gasteiger partial charge is 0.479 e. The molecule has 1 aliphatic rings. The number of hydrogen-bond acceptors (Lipinski definition) is 8. The lowest BCUT2D eigenvalue weighted by molar-refractivity contribution is -0.385. The molecule has 1 aliphatic heterocycles. The lowest BCUT2D eigenvalue weighted by atomic mass is 9.88. The van der Waals surface area contributed by atoms with Crippen molar-refractivity contribution in [1.82, 2.24) is 0 Å². The number of ether oxygens (including phenoxy) is 1. The van der Waals surface area contributed by atoms with E-state index in [4.69, 9.17) is 9.84 Å². The topological polar surface area (TPSA) is 171 Å². The Hall–Kier alpha value is -2.11. The molecule has 1 aromatic carbocycles. The highest BCUT2D eigenvalue weighted by Crippen LogP contribution is 2.36. The number of rotatable bonds is 3. The van der Waals surface area contributed by atoms with Crippen molar-refractivity contribution in [2.75, 3.05) is 0 Å². The molecule has 0 aromatic heterocycles. The van der Waals surface area contributed by atoms with E-state index in [1.807, 2.05) is 0 Å². The Balaban J connectivity index is 2.41. The first-order valence-electron chi connectivity index (χ1n) is 6.10. The fraction of sp³-hybridized carbons (Fsp3) is 0.417. The molecule has 120 valence electrons. The number of benzene rings is 1. The Morgan fingerprint density at radius 2 is 1.73 bits per heavy atom. The van der Waals surface area contributed by atoms with Crippen molar-refractivity contribution >= 4 is 11.7 Å². The Labute approximate surface area is 123 Å². The lowest BCUT2D eigenvalue weighted by Gasteiger charge is -2.44. The summed E-state index contributed by atoms with van der Waals surface area (Å²) in [7, 11) is 0. The minimum Gasteiger partial charge on any atom is -0.479 e. The molecule has 0 amide bonds. The van der Waals surface area contributed by atoms with Crippen LogP contribution in [0.2, 0.25) is 0 Å². The van der Waals surface area contributed by atoms with Gasteiger partial charge >= 0.3 is 5.97 Å². The molecule has 1 saturated heterocycles. The highest BCUT2D eigenvalue weighted by Gasteiger charge is 2.55. The second-order valence-electron chi connectivity index (χ2n) is 4.80. The Morgan fingerprint density at radius 1 is 1.18 bits per heavy atom. The SMILES string of the molecule is O=C(O)[C@H]1O[C@@](O)(c2ccc([N+](=O)[O-])cc2)[C@H](O)[C@@H](O)[C@@H]1O. The van der Waals surface area contributed by atoms with Gasteiger partial charge in [-0.3, -0.25) is 10.1 Å². The van der Waals surface area contributed by atoms with Gasteiger partial charge in [0.1, 0.15) is 18.3 Å². The Morgan fingerprint density at radius 3 is 2.18 bits per heavy atom. The molecule has 5 N–H and O–H groups in total. The Bertz CT molecular complexity index is 589. The molecule has 2 rings (SSSR count). The first-order valence-corrected chi connectivity index (χ1v) is 6.10. The molecule has 5 atom stereocenters. The van der Waals surface area contributed by atoms with E-state index in [0.717, 1.165) is 24.3 Å². The summed E-state index contributed by atoms with van der Waals surface area (Å²) < 4.78 is 4.84. The fourth-order valence-electron chi connectivity index (χ4n) is 2.19. The van der Waals surface area contributed by atoms with Gasteiger partial charge < -0.3 is 30.3 Å². The maximum Gasteiger partial charge on any atom is 0.335 e. The number of carbonyl (C=O) groups is 1. The number of hydrogen-bond donors (Lipinski definition) is 5. The third-order valence-electron chi connectivity index (χ3n) is 3.43. The van der Waals surface area contributed by atoms with Gasteiger partial charge in [0.05, 0.1) is 4.92 Å². The second kappa shape index (κ2) is 5.59. The molecule has 10 nitrogen and oxygen atoms in total. The van der Waals surface area contributed by atoms with E-state index in [-0.39, 0.29) is 11.3 Å². The van der Waals surface area contributed by atoms with Crippen LogP contribution >= 0.6 is 0 Å². The van der Waals surface area contributed by atoms with Crippen LogP contribution < -0.4 is 0 Å². The number of carboxylic acids is 1. The van der Waals surface area contributed by atoms with Gasteiger partial charge in [0.15, 0.2) is 6.10 Å². The normalized spacial score (nSPS) is 35.1. The van der Waals surface area contributed by atoms with E-state index in [1.165, 1.54) is 0 Å². The van der Waals surface area contributed by atoms with Crippen LogP contribution in [-0.2, 0) is 15.3 Å². The smallest absolute Gasteiger partial charge is 0.335 e. The van der Waals surface area contributed by atoms with E-state index in [9.17, 15) is 35.3 Å². The highest BCUT2D eigenvalue weighted by molar-refractivity contribution is 5.73. The maximum atomic E-state index is 11.0. The van der Waals surface area contributed by atoms with E-state index >= 15 is 0 Å². The number of nitro groups is 1. The molecule has 0 unspecified atom stereocenters. The van der Waals surface area contributed by atoms with Gasteiger partial charge in [-0.1, -0.05) is 0 Å². The summed E-state index contributed by atoms with van der Waals surface area (Å²) in [4.78, 5) is 20.9. The van der Waals surface area contributed by atoms with Crippen LogP contribution in [0.1, 0.15) is 5.56 Å². The van der Waals surface area contributed by atoms with E-state index in [2.05, 4.69) is 0 Å². The summed E-state index contributed by atoms with van der Waals surface area (Å²) in [5.41, 5.74) is -0.504. The van der Waals surface area contributed by atoms with Crippen molar-refractivity contribution in [3.63, 3.8) is 0 Å². The number of nitro benzene ring substituents is 1. The zero-order chi connectivity index (χ0) is 16.7. The molecule has 1 heterocycles. The summed E-state index contributed by atoms with van der Waals surface area (Å²) in [6.07, 6.45) is -7.99. The molecule has 1 fully saturated rings. The van der Waals surface area contributed by atoms with Crippen molar-refractivity contribution in [3.05, 3.63) is 39.9 Å². The third kappa shape index (κ3) is 2.53. The van der Waals surface area contributed by atoms with Crippen LogP contribution in [0.5, 0.6) is 0 Å². The summed E-state index contributed by atoms with van der Waals surface area (Å²) in [6, 6.07) is 4.11. The van der Waals surface area contributed by atoms with Crippen LogP contribution in [0.3, 0.4) is 0 Å². The van der Waals surface area contributed by atoms with Crippen molar-refractivity contribution in [2.24, 2.45) is 0 Å². The second-order valence-corrected chi connectivity index (χ2v) is 4.80. The predicted molar refractivity (Wildman–Crippen MR) is 67.5 cm³/mol. The summed E-state index contributed by atoms with van der Waals surface area (Å²) in [6.45, 7) is 0. The monoisotopic (exact) mass is 315 g/mol. The van der Waals surface area contributed by atoms with Gasteiger partial charge in [0.25, 0.3) is 5.69 Å². The van der Waals surface area contributed by atoms with E-state index in [1.54, 1.807) is 0 Å². The van der Waals surface area contributed by atoms with Gasteiger partial charge in [0, 0.05) is 17.7 Å². The van der Waals surface area contributed by atoms with Crippen LogP contribution in [0.25, 0.3) is 0 Å². The van der Waals surface area contributed by atoms with Crippen molar-refractivity contribution in [1.29, 1.82) is 0 Å². The minimum absolute atomic E-state index is 0.206. The maximum absolute atomic E-state index is 11.0. The van der Waals surface area contributed by atoms with Crippen LogP contribution in [0.15, 0.2) is 24.3 Å². The van der Waals surface area contributed by atoms with Crippen molar-refractivity contribution in [3.8, 4) is 0 Å². The number of non-ortho nitro benzene ring substituents is 1. The molecule has 22 heavy (non-hydrogen) atoms. The predicted octanol–water partition coefficient (Wildman–Crippen LogP) is -1.69. The zero-order valence-electron chi connectivity index (χ0n) is 10.9. The quantitative estimate of drug-likeness (QED) is 0.322. The summed E-state index contributed by atoms with van der Waals surface area (Å²) >= 11 is 0. The fourth-order valence-corrected chi connectivity index (χ4v) is 2.19. The first kappa shape index (κ1) is 16.3. The van der Waals surface area contributed by atoms with Crippen molar-refractivity contribution in [2.45, 2.75) is 30.2 Å². The number of aliphatic carboxylic acids is 1. The zero-order valence-corrected chi connectivity index (χ0v) is 10.9. The van der Waals surface area contributed by atoms with Gasteiger partial charge in [0.2, 0.25) is 5.79 Å². The molecular weight excluding hydrogens is 302 g/mol. The third-order valence-corrected chi connectivity index (χ3v) is 3.43. The Kier molecular flexibility index (Phi) is 4.13. The average Bonchev–Trinajstić information content (AvgIpc) is 2.48. The lowest BCUT2D eigenvalue weighted by Crippen LogP contribution is -2.64. The van der Waals surface area contributed by atoms with E-state index in [0.29, 0.717) is 0 Å². The molecule has 0 saturated carbocycles. The molecular formula is C12H13NO9.